The molecule has 0 aliphatic carbocycles. The topological polar surface area (TPSA) is 61.3 Å². The Morgan fingerprint density at radius 3 is 2.79 bits per heavy atom. The van der Waals surface area contributed by atoms with Crippen LogP contribution in [0, 0.1) is 0 Å². The van der Waals surface area contributed by atoms with Gasteiger partial charge in [0, 0.05) is 15.5 Å². The first-order chi connectivity index (χ1) is 6.72. The van der Waals surface area contributed by atoms with Crippen LogP contribution in [-0.2, 0) is 0 Å². The molecule has 4 N–H and O–H groups in total. The Kier molecular flexibility index (Phi) is 2.21. The minimum absolute atomic E-state index is 0.611. The molecule has 2 rings (SSSR count). The average Bonchev–Trinajstić information content (AvgIpc) is 2.49. The molecule has 4 heteroatoms. The SMILES string of the molecule is CCOc1cc2c(N)csc2cc1N. The Labute approximate surface area is 86.3 Å². The number of rotatable bonds is 2. The summed E-state index contributed by atoms with van der Waals surface area (Å²) in [7, 11) is 0. The predicted molar refractivity (Wildman–Crippen MR) is 61.8 cm³/mol. The molecular weight excluding hydrogens is 196 g/mol. The van der Waals surface area contributed by atoms with Crippen molar-refractivity contribution in [2.45, 2.75) is 6.92 Å². The molecule has 0 saturated heterocycles. The van der Waals surface area contributed by atoms with Gasteiger partial charge in [0.2, 0.25) is 0 Å². The summed E-state index contributed by atoms with van der Waals surface area (Å²) in [4.78, 5) is 0. The monoisotopic (exact) mass is 208 g/mol. The Morgan fingerprint density at radius 1 is 1.29 bits per heavy atom. The molecule has 0 atom stereocenters. The first kappa shape index (κ1) is 9.15. The minimum Gasteiger partial charge on any atom is -0.492 e. The molecule has 0 unspecified atom stereocenters. The lowest BCUT2D eigenvalue weighted by atomic mass is 10.2. The van der Waals surface area contributed by atoms with E-state index in [1.165, 1.54) is 0 Å². The lowest BCUT2D eigenvalue weighted by molar-refractivity contribution is 0.342. The van der Waals surface area contributed by atoms with Gasteiger partial charge in [-0.2, -0.15) is 0 Å². The fourth-order valence-corrected chi connectivity index (χ4v) is 2.25. The van der Waals surface area contributed by atoms with Crippen molar-refractivity contribution in [3.05, 3.63) is 17.5 Å². The van der Waals surface area contributed by atoms with Crippen LogP contribution in [0.5, 0.6) is 5.75 Å². The van der Waals surface area contributed by atoms with Crippen LogP contribution in [0.1, 0.15) is 6.92 Å². The molecule has 0 amide bonds. The highest BCUT2D eigenvalue weighted by Gasteiger charge is 2.06. The molecule has 3 nitrogen and oxygen atoms in total. The zero-order valence-electron chi connectivity index (χ0n) is 7.91. The maximum Gasteiger partial charge on any atom is 0.142 e. The number of fused-ring (bicyclic) bond motifs is 1. The van der Waals surface area contributed by atoms with Gasteiger partial charge in [-0.15, -0.1) is 11.3 Å². The van der Waals surface area contributed by atoms with Gasteiger partial charge in [0.15, 0.2) is 0 Å². The van der Waals surface area contributed by atoms with Crippen molar-refractivity contribution >= 4 is 32.8 Å². The number of hydrogen-bond acceptors (Lipinski definition) is 4. The molecule has 0 saturated carbocycles. The lowest BCUT2D eigenvalue weighted by Gasteiger charge is -2.06. The van der Waals surface area contributed by atoms with Gasteiger partial charge in [0.25, 0.3) is 0 Å². The molecule has 0 bridgehead atoms. The number of ether oxygens (including phenoxy) is 1. The molecule has 0 spiro atoms. The Morgan fingerprint density at radius 2 is 2.07 bits per heavy atom. The van der Waals surface area contributed by atoms with Crippen molar-refractivity contribution in [3.63, 3.8) is 0 Å². The quantitative estimate of drug-likeness (QED) is 0.745. The Balaban J connectivity index is 2.61. The maximum absolute atomic E-state index is 5.82. The van der Waals surface area contributed by atoms with Gasteiger partial charge in [0.05, 0.1) is 18.0 Å². The van der Waals surface area contributed by atoms with E-state index in [1.54, 1.807) is 11.3 Å². The zero-order chi connectivity index (χ0) is 10.1. The van der Waals surface area contributed by atoms with Gasteiger partial charge in [-0.25, -0.2) is 0 Å². The van der Waals surface area contributed by atoms with E-state index in [4.69, 9.17) is 16.2 Å². The first-order valence-corrected chi connectivity index (χ1v) is 5.29. The summed E-state index contributed by atoms with van der Waals surface area (Å²) in [6.07, 6.45) is 0. The molecule has 0 radical (unpaired) electrons. The summed E-state index contributed by atoms with van der Waals surface area (Å²) in [5, 5.41) is 2.94. The van der Waals surface area contributed by atoms with Crippen LogP contribution in [0.3, 0.4) is 0 Å². The fourth-order valence-electron chi connectivity index (χ4n) is 1.37. The van der Waals surface area contributed by atoms with Gasteiger partial charge in [-0.05, 0) is 19.1 Å². The summed E-state index contributed by atoms with van der Waals surface area (Å²) in [6, 6.07) is 3.81. The third kappa shape index (κ3) is 1.37. The molecule has 0 aliphatic heterocycles. The van der Waals surface area contributed by atoms with Gasteiger partial charge in [-0.1, -0.05) is 0 Å². The summed E-state index contributed by atoms with van der Waals surface area (Å²) in [5.74, 6) is 0.713. The van der Waals surface area contributed by atoms with Crippen molar-refractivity contribution in [2.24, 2.45) is 0 Å². The third-order valence-electron chi connectivity index (χ3n) is 2.04. The minimum atomic E-state index is 0.611. The van der Waals surface area contributed by atoms with Crippen molar-refractivity contribution in [1.29, 1.82) is 0 Å². The van der Waals surface area contributed by atoms with Crippen LogP contribution >= 0.6 is 11.3 Å². The zero-order valence-corrected chi connectivity index (χ0v) is 8.73. The van der Waals surface area contributed by atoms with Gasteiger partial charge >= 0.3 is 0 Å². The molecule has 1 aromatic heterocycles. The standard InChI is InChI=1S/C10H12N2OS/c1-2-13-9-3-6-8(12)5-14-10(6)4-7(9)11/h3-5H,2,11-12H2,1H3. The van der Waals surface area contributed by atoms with Crippen LogP contribution in [0.2, 0.25) is 0 Å². The number of nitrogens with two attached hydrogens (primary N) is 2. The van der Waals surface area contributed by atoms with Crippen LogP contribution in [0.15, 0.2) is 17.5 Å². The van der Waals surface area contributed by atoms with E-state index < -0.39 is 0 Å². The summed E-state index contributed by atoms with van der Waals surface area (Å²) >= 11 is 1.59. The smallest absolute Gasteiger partial charge is 0.142 e. The van der Waals surface area contributed by atoms with E-state index in [0.717, 1.165) is 15.8 Å². The van der Waals surface area contributed by atoms with Crippen molar-refractivity contribution < 1.29 is 4.74 Å². The van der Waals surface area contributed by atoms with Crippen LogP contribution < -0.4 is 16.2 Å². The van der Waals surface area contributed by atoms with Crippen molar-refractivity contribution in [3.8, 4) is 5.75 Å². The van der Waals surface area contributed by atoms with Crippen LogP contribution in [0.25, 0.3) is 10.1 Å². The largest absolute Gasteiger partial charge is 0.492 e. The number of nitrogen functional groups attached to an aromatic ring is 2. The molecule has 1 heterocycles. The highest BCUT2D eigenvalue weighted by atomic mass is 32.1. The highest BCUT2D eigenvalue weighted by Crippen LogP contribution is 2.35. The van der Waals surface area contributed by atoms with Gasteiger partial charge < -0.3 is 16.2 Å². The van der Waals surface area contributed by atoms with E-state index in [-0.39, 0.29) is 0 Å². The second-order valence-electron chi connectivity index (χ2n) is 3.01. The van der Waals surface area contributed by atoms with Crippen LogP contribution in [0.4, 0.5) is 11.4 Å². The van der Waals surface area contributed by atoms with Crippen LogP contribution in [-0.4, -0.2) is 6.61 Å². The van der Waals surface area contributed by atoms with E-state index >= 15 is 0 Å². The molecule has 1 aromatic carbocycles. The number of benzene rings is 1. The predicted octanol–water partition coefficient (Wildman–Crippen LogP) is 2.46. The normalized spacial score (nSPS) is 10.6. The summed E-state index contributed by atoms with van der Waals surface area (Å²) < 4.78 is 6.49. The average molecular weight is 208 g/mol. The number of thiophene rings is 1. The van der Waals surface area contributed by atoms with Crippen molar-refractivity contribution in [2.75, 3.05) is 18.1 Å². The third-order valence-corrected chi connectivity index (χ3v) is 3.00. The molecule has 2 aromatic rings. The second kappa shape index (κ2) is 3.38. The lowest BCUT2D eigenvalue weighted by Crippen LogP contribution is -1.96. The summed E-state index contributed by atoms with van der Waals surface area (Å²) in [5.41, 5.74) is 13.1. The Hall–Kier alpha value is -1.42. The second-order valence-corrected chi connectivity index (χ2v) is 3.92. The van der Waals surface area contributed by atoms with Crippen molar-refractivity contribution in [1.82, 2.24) is 0 Å². The number of anilines is 2. The first-order valence-electron chi connectivity index (χ1n) is 4.41. The van der Waals surface area contributed by atoms with E-state index in [0.29, 0.717) is 18.0 Å². The molecule has 0 fully saturated rings. The Bertz CT molecular complexity index is 464. The van der Waals surface area contributed by atoms with Gasteiger partial charge in [0.1, 0.15) is 5.75 Å². The fraction of sp³-hybridized carbons (Fsp3) is 0.200. The number of hydrogen-bond donors (Lipinski definition) is 2. The summed E-state index contributed by atoms with van der Waals surface area (Å²) in [6.45, 7) is 2.54. The molecule has 0 aliphatic rings. The van der Waals surface area contributed by atoms with E-state index in [1.807, 2.05) is 24.4 Å². The molecule has 14 heavy (non-hydrogen) atoms. The van der Waals surface area contributed by atoms with E-state index in [2.05, 4.69) is 0 Å². The van der Waals surface area contributed by atoms with E-state index in [9.17, 15) is 0 Å². The molecular formula is C10H12N2OS. The highest BCUT2D eigenvalue weighted by molar-refractivity contribution is 7.17. The molecule has 74 valence electrons. The van der Waals surface area contributed by atoms with Gasteiger partial charge in [-0.3, -0.25) is 0 Å². The maximum atomic E-state index is 5.82.